The standard InChI is InChI=1S/C10H13NO4S/c1-3-8(2)15-16(14)10-6-4-9(5-7-10)11(12)13/h4-8H,3H2,1-2H3. The van der Waals surface area contributed by atoms with Gasteiger partial charge in [-0.2, -0.15) is 0 Å². The van der Waals surface area contributed by atoms with Crippen LogP contribution in [0.15, 0.2) is 29.2 Å². The summed E-state index contributed by atoms with van der Waals surface area (Å²) in [6.45, 7) is 3.75. The molecular weight excluding hydrogens is 230 g/mol. The third-order valence-electron chi connectivity index (χ3n) is 2.07. The van der Waals surface area contributed by atoms with E-state index in [-0.39, 0.29) is 11.8 Å². The van der Waals surface area contributed by atoms with Gasteiger partial charge in [-0.05, 0) is 25.5 Å². The highest BCUT2D eigenvalue weighted by molar-refractivity contribution is 7.80. The van der Waals surface area contributed by atoms with Crippen molar-refractivity contribution in [1.29, 1.82) is 0 Å². The van der Waals surface area contributed by atoms with Crippen LogP contribution in [0.2, 0.25) is 0 Å². The SMILES string of the molecule is CCC(C)OS(=O)c1ccc([N+](=O)[O-])cc1. The van der Waals surface area contributed by atoms with Gasteiger partial charge in [0.2, 0.25) is 0 Å². The highest BCUT2D eigenvalue weighted by atomic mass is 32.2. The second-order valence-corrected chi connectivity index (χ2v) is 4.43. The average Bonchev–Trinajstić information content (AvgIpc) is 2.28. The largest absolute Gasteiger partial charge is 0.284 e. The Labute approximate surface area is 96.2 Å². The molecule has 1 aromatic rings. The Morgan fingerprint density at radius 3 is 2.44 bits per heavy atom. The van der Waals surface area contributed by atoms with Gasteiger partial charge in [0.05, 0.1) is 15.9 Å². The van der Waals surface area contributed by atoms with Crippen molar-refractivity contribution < 1.29 is 13.3 Å². The van der Waals surface area contributed by atoms with Crippen LogP contribution in [0.1, 0.15) is 20.3 Å². The van der Waals surface area contributed by atoms with E-state index in [1.165, 1.54) is 24.3 Å². The Kier molecular flexibility index (Phi) is 4.57. The molecule has 0 fully saturated rings. The molecule has 0 radical (unpaired) electrons. The van der Waals surface area contributed by atoms with E-state index in [1.807, 2.05) is 13.8 Å². The molecule has 1 aromatic carbocycles. The second-order valence-electron chi connectivity index (χ2n) is 3.30. The molecule has 16 heavy (non-hydrogen) atoms. The maximum Gasteiger partial charge on any atom is 0.269 e. The number of non-ortho nitro benzene ring substituents is 1. The Balaban J connectivity index is 2.74. The zero-order valence-corrected chi connectivity index (χ0v) is 9.90. The first-order valence-electron chi connectivity index (χ1n) is 4.88. The molecule has 2 atom stereocenters. The van der Waals surface area contributed by atoms with Crippen molar-refractivity contribution in [3.05, 3.63) is 34.4 Å². The Hall–Kier alpha value is -1.27. The van der Waals surface area contributed by atoms with E-state index in [2.05, 4.69) is 0 Å². The van der Waals surface area contributed by atoms with E-state index in [0.717, 1.165) is 6.42 Å². The molecule has 6 heteroatoms. The molecule has 2 unspecified atom stereocenters. The van der Waals surface area contributed by atoms with Crippen LogP contribution in [-0.4, -0.2) is 15.2 Å². The Morgan fingerprint density at radius 1 is 1.44 bits per heavy atom. The monoisotopic (exact) mass is 243 g/mol. The number of rotatable bonds is 5. The smallest absolute Gasteiger partial charge is 0.269 e. The molecule has 0 bridgehead atoms. The van der Waals surface area contributed by atoms with Gasteiger partial charge in [-0.1, -0.05) is 6.92 Å². The summed E-state index contributed by atoms with van der Waals surface area (Å²) in [7, 11) is 0. The van der Waals surface area contributed by atoms with Crippen LogP contribution in [0.3, 0.4) is 0 Å². The van der Waals surface area contributed by atoms with Crippen LogP contribution in [0.5, 0.6) is 0 Å². The molecule has 88 valence electrons. The molecule has 0 aliphatic rings. The molecule has 0 saturated carbocycles. The minimum absolute atomic E-state index is 0.0238. The number of hydrogen-bond donors (Lipinski definition) is 0. The highest BCUT2D eigenvalue weighted by Gasteiger charge is 2.11. The van der Waals surface area contributed by atoms with E-state index in [0.29, 0.717) is 4.90 Å². The molecule has 0 aromatic heterocycles. The normalized spacial score (nSPS) is 14.4. The van der Waals surface area contributed by atoms with Crippen LogP contribution in [-0.2, 0) is 15.3 Å². The molecule has 0 saturated heterocycles. The van der Waals surface area contributed by atoms with E-state index in [4.69, 9.17) is 4.18 Å². The minimum atomic E-state index is -1.56. The number of nitro groups is 1. The van der Waals surface area contributed by atoms with Gasteiger partial charge in [-0.3, -0.25) is 14.3 Å². The molecule has 0 spiro atoms. The van der Waals surface area contributed by atoms with Gasteiger partial charge in [0.1, 0.15) is 0 Å². The molecule has 0 N–H and O–H groups in total. The van der Waals surface area contributed by atoms with Gasteiger partial charge in [-0.15, -0.1) is 0 Å². The van der Waals surface area contributed by atoms with Crippen LogP contribution in [0, 0.1) is 10.1 Å². The van der Waals surface area contributed by atoms with Crippen molar-refractivity contribution >= 4 is 16.8 Å². The summed E-state index contributed by atoms with van der Waals surface area (Å²) < 4.78 is 16.8. The number of nitro benzene ring substituents is 1. The number of benzene rings is 1. The summed E-state index contributed by atoms with van der Waals surface area (Å²) in [4.78, 5) is 10.3. The summed E-state index contributed by atoms with van der Waals surface area (Å²) in [6.07, 6.45) is 0.662. The van der Waals surface area contributed by atoms with Gasteiger partial charge < -0.3 is 0 Å². The maximum atomic E-state index is 11.6. The molecule has 0 aliphatic heterocycles. The van der Waals surface area contributed by atoms with Crippen molar-refractivity contribution in [2.75, 3.05) is 0 Å². The predicted octanol–water partition coefficient (Wildman–Crippen LogP) is 2.43. The molecule has 0 amide bonds. The molecular formula is C10H13NO4S. The zero-order chi connectivity index (χ0) is 12.1. The maximum absolute atomic E-state index is 11.6. The highest BCUT2D eigenvalue weighted by Crippen LogP contribution is 2.16. The van der Waals surface area contributed by atoms with Gasteiger partial charge in [0, 0.05) is 12.1 Å². The summed E-state index contributed by atoms with van der Waals surface area (Å²) in [5.41, 5.74) is -0.0238. The lowest BCUT2D eigenvalue weighted by atomic mass is 10.3. The second kappa shape index (κ2) is 5.72. The third-order valence-corrected chi connectivity index (χ3v) is 3.23. The Bertz CT molecular complexity index is 390. The molecule has 0 aliphatic carbocycles. The van der Waals surface area contributed by atoms with E-state index in [9.17, 15) is 14.3 Å². The minimum Gasteiger partial charge on any atom is -0.284 e. The predicted molar refractivity (Wildman–Crippen MR) is 60.3 cm³/mol. The van der Waals surface area contributed by atoms with Crippen molar-refractivity contribution in [1.82, 2.24) is 0 Å². The molecule has 5 nitrogen and oxygen atoms in total. The van der Waals surface area contributed by atoms with Crippen LogP contribution in [0.4, 0.5) is 5.69 Å². The van der Waals surface area contributed by atoms with Crippen molar-refractivity contribution in [2.45, 2.75) is 31.3 Å². The molecule has 0 heterocycles. The van der Waals surface area contributed by atoms with E-state index >= 15 is 0 Å². The van der Waals surface area contributed by atoms with Crippen molar-refractivity contribution in [3.8, 4) is 0 Å². The summed E-state index contributed by atoms with van der Waals surface area (Å²) >= 11 is -1.56. The Morgan fingerprint density at radius 2 is 2.00 bits per heavy atom. The number of nitrogens with zero attached hydrogens (tertiary/aromatic N) is 1. The topological polar surface area (TPSA) is 69.4 Å². The fraction of sp³-hybridized carbons (Fsp3) is 0.400. The third kappa shape index (κ3) is 3.39. The first-order chi connectivity index (χ1) is 7.54. The van der Waals surface area contributed by atoms with Crippen molar-refractivity contribution in [2.24, 2.45) is 0 Å². The van der Waals surface area contributed by atoms with Gasteiger partial charge >= 0.3 is 0 Å². The first-order valence-corrected chi connectivity index (χ1v) is 5.95. The van der Waals surface area contributed by atoms with E-state index < -0.39 is 16.0 Å². The fourth-order valence-electron chi connectivity index (χ4n) is 0.952. The quantitative estimate of drug-likeness (QED) is 0.588. The summed E-state index contributed by atoms with van der Waals surface area (Å²) in [5, 5.41) is 10.4. The zero-order valence-electron chi connectivity index (χ0n) is 9.08. The molecule has 1 rings (SSSR count). The van der Waals surface area contributed by atoms with Gasteiger partial charge in [0.15, 0.2) is 11.1 Å². The van der Waals surface area contributed by atoms with Crippen LogP contribution < -0.4 is 0 Å². The lowest BCUT2D eigenvalue weighted by Crippen LogP contribution is -2.09. The van der Waals surface area contributed by atoms with Crippen LogP contribution >= 0.6 is 0 Å². The first kappa shape index (κ1) is 12.8. The van der Waals surface area contributed by atoms with Crippen LogP contribution in [0.25, 0.3) is 0 Å². The fourth-order valence-corrected chi connectivity index (χ4v) is 1.86. The van der Waals surface area contributed by atoms with Crippen molar-refractivity contribution in [3.63, 3.8) is 0 Å². The number of hydrogen-bond acceptors (Lipinski definition) is 4. The summed E-state index contributed by atoms with van der Waals surface area (Å²) in [6, 6.07) is 5.51. The van der Waals surface area contributed by atoms with Gasteiger partial charge in [-0.25, -0.2) is 4.21 Å². The lowest BCUT2D eigenvalue weighted by Gasteiger charge is -2.08. The summed E-state index contributed by atoms with van der Waals surface area (Å²) in [5.74, 6) is 0. The average molecular weight is 243 g/mol. The van der Waals surface area contributed by atoms with E-state index in [1.54, 1.807) is 0 Å². The lowest BCUT2D eigenvalue weighted by molar-refractivity contribution is -0.384. The van der Waals surface area contributed by atoms with Gasteiger partial charge in [0.25, 0.3) is 5.69 Å².